The first-order valence-corrected chi connectivity index (χ1v) is 16.6. The predicted molar refractivity (Wildman–Crippen MR) is 156 cm³/mol. The summed E-state index contributed by atoms with van der Waals surface area (Å²) in [5, 5.41) is 11.0. The van der Waals surface area contributed by atoms with Gasteiger partial charge in [-0.3, -0.25) is 9.59 Å². The maximum absolute atomic E-state index is 12.5. The molecule has 4 rings (SSSR count). The second-order valence-electron chi connectivity index (χ2n) is 14.6. The van der Waals surface area contributed by atoms with Crippen LogP contribution in [0.15, 0.2) is 0 Å². The number of aliphatic hydroxyl groups is 1. The van der Waals surface area contributed by atoms with Gasteiger partial charge in [0.15, 0.2) is 0 Å². The second kappa shape index (κ2) is 13.2. The van der Waals surface area contributed by atoms with E-state index < -0.39 is 0 Å². The van der Waals surface area contributed by atoms with Crippen molar-refractivity contribution in [2.45, 2.75) is 149 Å². The summed E-state index contributed by atoms with van der Waals surface area (Å²) in [5.74, 6) is 4.36. The van der Waals surface area contributed by atoms with E-state index in [2.05, 4.69) is 20.8 Å². The molecule has 0 radical (unpaired) electrons. The first-order chi connectivity index (χ1) is 18.2. The summed E-state index contributed by atoms with van der Waals surface area (Å²) >= 11 is 0. The van der Waals surface area contributed by atoms with Crippen LogP contribution in [-0.4, -0.2) is 41.4 Å². The van der Waals surface area contributed by atoms with Crippen LogP contribution in [0.1, 0.15) is 143 Å². The number of rotatable bonds is 13. The van der Waals surface area contributed by atoms with E-state index in [9.17, 15) is 14.7 Å². The van der Waals surface area contributed by atoms with Crippen molar-refractivity contribution in [3.63, 3.8) is 0 Å². The molecule has 0 saturated heterocycles. The molecule has 38 heavy (non-hydrogen) atoms. The van der Waals surface area contributed by atoms with Gasteiger partial charge in [0.05, 0.1) is 6.10 Å². The smallest absolute Gasteiger partial charge is 0.222 e. The largest absolute Gasteiger partial charge is 0.393 e. The number of unbranched alkanes of at least 4 members (excludes halogenated alkanes) is 7. The number of hydrogen-bond donors (Lipinski definition) is 1. The van der Waals surface area contributed by atoms with Crippen LogP contribution in [0.4, 0.5) is 0 Å². The highest BCUT2D eigenvalue weighted by Gasteiger charge is 2.62. The lowest BCUT2D eigenvalue weighted by Crippen LogP contribution is -2.57. The molecule has 0 heterocycles. The minimum absolute atomic E-state index is 0.111. The molecule has 0 bridgehead atoms. The Balaban J connectivity index is 1.23. The Kier molecular flexibility index (Phi) is 10.4. The Hall–Kier alpha value is -0.900. The van der Waals surface area contributed by atoms with E-state index in [1.165, 1.54) is 70.6 Å². The number of carbonyl (C=O) groups is 2. The Morgan fingerprint density at radius 3 is 2.34 bits per heavy atom. The molecule has 4 nitrogen and oxygen atoms in total. The fraction of sp³-hybridized carbons (Fsp3) is 0.941. The number of nitrogens with zero attached hydrogens (tertiary/aromatic N) is 1. The Morgan fingerprint density at radius 2 is 1.61 bits per heavy atom. The van der Waals surface area contributed by atoms with Crippen LogP contribution in [0.5, 0.6) is 0 Å². The summed E-state index contributed by atoms with van der Waals surface area (Å²) in [7, 11) is 1.95. The fourth-order valence-corrected chi connectivity index (χ4v) is 9.77. The number of amides is 1. The van der Waals surface area contributed by atoms with Crippen LogP contribution in [0.25, 0.3) is 0 Å². The molecule has 4 fully saturated rings. The molecule has 4 heteroatoms. The van der Waals surface area contributed by atoms with Crippen molar-refractivity contribution in [1.29, 1.82) is 0 Å². The average molecular weight is 530 g/mol. The summed E-state index contributed by atoms with van der Waals surface area (Å²) in [5.41, 5.74) is 0.468. The topological polar surface area (TPSA) is 57.6 Å². The van der Waals surface area contributed by atoms with Crippen molar-refractivity contribution in [3.8, 4) is 0 Å². The van der Waals surface area contributed by atoms with Gasteiger partial charge in [0.1, 0.15) is 5.78 Å². The predicted octanol–water partition coefficient (Wildman–Crippen LogP) is 7.95. The quantitative estimate of drug-likeness (QED) is 0.246. The lowest BCUT2D eigenvalue weighted by Gasteiger charge is -2.62. The molecule has 0 spiro atoms. The van der Waals surface area contributed by atoms with E-state index >= 15 is 0 Å². The zero-order valence-corrected chi connectivity index (χ0v) is 25.3. The third kappa shape index (κ3) is 6.36. The third-order valence-electron chi connectivity index (χ3n) is 12.3. The van der Waals surface area contributed by atoms with E-state index in [4.69, 9.17) is 0 Å². The number of carbonyl (C=O) groups excluding carboxylic acids is 2. The second-order valence-corrected chi connectivity index (χ2v) is 14.6. The minimum Gasteiger partial charge on any atom is -0.393 e. The molecule has 4 aliphatic rings. The summed E-state index contributed by atoms with van der Waals surface area (Å²) in [6, 6.07) is 0. The van der Waals surface area contributed by atoms with Gasteiger partial charge in [-0.25, -0.2) is 0 Å². The maximum atomic E-state index is 12.5. The Morgan fingerprint density at radius 1 is 0.921 bits per heavy atom. The molecular formula is C34H59NO3. The maximum Gasteiger partial charge on any atom is 0.222 e. The molecule has 0 aliphatic heterocycles. The normalized spacial score (nSPS) is 38.4. The highest BCUT2D eigenvalue weighted by Crippen LogP contribution is 2.67. The van der Waals surface area contributed by atoms with Crippen molar-refractivity contribution in [2.24, 2.45) is 40.4 Å². The van der Waals surface area contributed by atoms with Crippen LogP contribution < -0.4 is 0 Å². The molecule has 1 N–H and O–H groups in total. The van der Waals surface area contributed by atoms with Crippen LogP contribution in [-0.2, 0) is 9.59 Å². The van der Waals surface area contributed by atoms with Gasteiger partial charge >= 0.3 is 0 Å². The van der Waals surface area contributed by atoms with Gasteiger partial charge in [-0.2, -0.15) is 0 Å². The lowest BCUT2D eigenvalue weighted by molar-refractivity contribution is -0.156. The Bertz CT molecular complexity index is 797. The number of hydrogen-bond acceptors (Lipinski definition) is 3. The number of ketones is 1. The van der Waals surface area contributed by atoms with Crippen LogP contribution in [0.2, 0.25) is 0 Å². The molecule has 0 aromatic heterocycles. The zero-order chi connectivity index (χ0) is 27.3. The first kappa shape index (κ1) is 30.1. The van der Waals surface area contributed by atoms with Crippen LogP contribution in [0.3, 0.4) is 0 Å². The Labute approximate surface area is 234 Å². The van der Waals surface area contributed by atoms with E-state index in [1.54, 1.807) is 0 Å². The molecule has 4 saturated carbocycles. The van der Waals surface area contributed by atoms with Gasteiger partial charge < -0.3 is 10.0 Å². The summed E-state index contributed by atoms with van der Waals surface area (Å²) in [6.07, 6.45) is 21.5. The average Bonchev–Trinajstić information content (AvgIpc) is 3.20. The molecule has 0 aromatic carbocycles. The van der Waals surface area contributed by atoms with Crippen molar-refractivity contribution in [2.75, 3.05) is 13.6 Å². The highest BCUT2D eigenvalue weighted by atomic mass is 16.3. The van der Waals surface area contributed by atoms with E-state index in [0.717, 1.165) is 69.2 Å². The molecule has 1 unspecified atom stereocenters. The zero-order valence-electron chi connectivity index (χ0n) is 25.3. The fourth-order valence-electron chi connectivity index (χ4n) is 9.77. The minimum atomic E-state index is -0.111. The molecule has 218 valence electrons. The van der Waals surface area contributed by atoms with Crippen molar-refractivity contribution >= 4 is 11.7 Å². The first-order valence-electron chi connectivity index (χ1n) is 16.6. The summed E-state index contributed by atoms with van der Waals surface area (Å²) in [4.78, 5) is 26.6. The van der Waals surface area contributed by atoms with Crippen LogP contribution in [0, 0.1) is 40.4 Å². The number of fused-ring (bicyclic) bond motifs is 5. The monoisotopic (exact) mass is 529 g/mol. The van der Waals surface area contributed by atoms with Gasteiger partial charge in [0.2, 0.25) is 5.91 Å². The molecule has 0 aromatic rings. The highest BCUT2D eigenvalue weighted by molar-refractivity contribution is 5.79. The van der Waals surface area contributed by atoms with Gasteiger partial charge in [-0.05, 0) is 91.8 Å². The molecular weight excluding hydrogens is 470 g/mol. The lowest BCUT2D eigenvalue weighted by atomic mass is 9.42. The SMILES string of the molecule is CCCCN(C)C(=O)CCCCCCCCC[C@@H]1CC2CC(=O)CC[C@]2(C)[C@H]2CC[C@]3(C)[C@@H](O)CC[C@H]3[C@H]12. The summed E-state index contributed by atoms with van der Waals surface area (Å²) in [6.45, 7) is 8.01. The van der Waals surface area contributed by atoms with Crippen molar-refractivity contribution < 1.29 is 14.7 Å². The third-order valence-corrected chi connectivity index (χ3v) is 12.3. The van der Waals surface area contributed by atoms with E-state index in [0.29, 0.717) is 35.4 Å². The van der Waals surface area contributed by atoms with E-state index in [1.807, 2.05) is 11.9 Å². The molecule has 1 amide bonds. The van der Waals surface area contributed by atoms with Gasteiger partial charge in [0, 0.05) is 32.9 Å². The van der Waals surface area contributed by atoms with Crippen LogP contribution >= 0.6 is 0 Å². The van der Waals surface area contributed by atoms with E-state index in [-0.39, 0.29) is 11.5 Å². The van der Waals surface area contributed by atoms with Gasteiger partial charge in [-0.15, -0.1) is 0 Å². The molecule has 4 aliphatic carbocycles. The van der Waals surface area contributed by atoms with Gasteiger partial charge in [0.25, 0.3) is 0 Å². The standard InChI is InChI=1S/C34H59NO3/c1-5-6-22-35(4)31(38)15-13-11-9-7-8-10-12-14-25-23-26-24-27(36)18-20-33(26,2)29-19-21-34(3)28(32(25)29)16-17-30(34)37/h25-26,28-30,32,37H,5-24H2,1-4H3/t25-,26?,28+,29+,30+,32+,33+,34+/m1/s1. The molecule has 8 atom stereocenters. The van der Waals surface area contributed by atoms with Crippen molar-refractivity contribution in [3.05, 3.63) is 0 Å². The summed E-state index contributed by atoms with van der Waals surface area (Å²) < 4.78 is 0. The number of Topliss-reactive ketones (excluding diaryl/α,β-unsaturated/α-hetero) is 1. The van der Waals surface area contributed by atoms with Gasteiger partial charge in [-0.1, -0.05) is 72.1 Å². The van der Waals surface area contributed by atoms with Crippen molar-refractivity contribution in [1.82, 2.24) is 4.90 Å². The number of aliphatic hydroxyl groups excluding tert-OH is 1.